The van der Waals surface area contributed by atoms with Crippen molar-refractivity contribution in [3.05, 3.63) is 35.9 Å². The second-order valence-corrected chi connectivity index (χ2v) is 4.00. The summed E-state index contributed by atoms with van der Waals surface area (Å²) >= 11 is 0. The van der Waals surface area contributed by atoms with Crippen LogP contribution in [0, 0.1) is 5.92 Å². The maximum Gasteiger partial charge on any atom is 0.313 e. The van der Waals surface area contributed by atoms with Crippen molar-refractivity contribution in [2.24, 2.45) is 5.92 Å². The van der Waals surface area contributed by atoms with Gasteiger partial charge in [0, 0.05) is 6.92 Å². The van der Waals surface area contributed by atoms with Crippen LogP contribution in [0.5, 0.6) is 0 Å². The number of hydrogen-bond donors (Lipinski definition) is 0. The maximum atomic E-state index is 11.6. The number of benzene rings is 1. The lowest BCUT2D eigenvalue weighted by Crippen LogP contribution is -2.22. The molecule has 0 saturated carbocycles. The number of rotatable bonds is 3. The van der Waals surface area contributed by atoms with Gasteiger partial charge < -0.3 is 9.47 Å². The van der Waals surface area contributed by atoms with Crippen LogP contribution in [0.2, 0.25) is 0 Å². The first kappa shape index (κ1) is 11.6. The summed E-state index contributed by atoms with van der Waals surface area (Å²) in [5.41, 5.74) is 0.826. The standard InChI is InChI=1S/C13H14O4/c1-9(14)17-12(10-5-3-2-4-6-10)11-7-8-16-13(11)15/h2-6,11-12H,7-8H2,1H3. The summed E-state index contributed by atoms with van der Waals surface area (Å²) in [6.07, 6.45) is 0.0507. The van der Waals surface area contributed by atoms with E-state index in [1.165, 1.54) is 6.92 Å². The average molecular weight is 234 g/mol. The molecular weight excluding hydrogens is 220 g/mol. The summed E-state index contributed by atoms with van der Waals surface area (Å²) in [4.78, 5) is 22.7. The Kier molecular flexibility index (Phi) is 3.42. The molecule has 0 N–H and O–H groups in total. The Morgan fingerprint density at radius 3 is 2.65 bits per heavy atom. The summed E-state index contributed by atoms with van der Waals surface area (Å²) in [7, 11) is 0. The molecule has 0 bridgehead atoms. The van der Waals surface area contributed by atoms with Crippen LogP contribution < -0.4 is 0 Å². The highest BCUT2D eigenvalue weighted by atomic mass is 16.6. The van der Waals surface area contributed by atoms with E-state index in [1.54, 1.807) is 0 Å². The van der Waals surface area contributed by atoms with E-state index in [4.69, 9.17) is 9.47 Å². The van der Waals surface area contributed by atoms with E-state index in [0.717, 1.165) is 5.56 Å². The molecule has 0 spiro atoms. The van der Waals surface area contributed by atoms with Crippen molar-refractivity contribution in [2.75, 3.05) is 6.61 Å². The van der Waals surface area contributed by atoms with Crippen LogP contribution in [-0.4, -0.2) is 18.5 Å². The Morgan fingerprint density at radius 2 is 2.12 bits per heavy atom. The van der Waals surface area contributed by atoms with Crippen LogP contribution in [0.15, 0.2) is 30.3 Å². The molecule has 1 fully saturated rings. The van der Waals surface area contributed by atoms with Gasteiger partial charge in [-0.1, -0.05) is 30.3 Å². The second-order valence-electron chi connectivity index (χ2n) is 4.00. The van der Waals surface area contributed by atoms with E-state index in [1.807, 2.05) is 30.3 Å². The molecule has 0 aromatic heterocycles. The molecule has 2 atom stereocenters. The second kappa shape index (κ2) is 4.99. The number of ether oxygens (including phenoxy) is 2. The molecule has 1 aliphatic heterocycles. The predicted molar refractivity (Wildman–Crippen MR) is 60.0 cm³/mol. The van der Waals surface area contributed by atoms with Gasteiger partial charge in [-0.15, -0.1) is 0 Å². The van der Waals surface area contributed by atoms with Crippen LogP contribution in [-0.2, 0) is 19.1 Å². The van der Waals surface area contributed by atoms with Crippen LogP contribution in [0.4, 0.5) is 0 Å². The molecule has 4 nitrogen and oxygen atoms in total. The first-order chi connectivity index (χ1) is 8.18. The number of esters is 2. The smallest absolute Gasteiger partial charge is 0.313 e. The normalized spacial score (nSPS) is 20.8. The van der Waals surface area contributed by atoms with Crippen LogP contribution in [0.3, 0.4) is 0 Å². The molecule has 0 amide bonds. The maximum absolute atomic E-state index is 11.6. The molecule has 1 saturated heterocycles. The minimum absolute atomic E-state index is 0.292. The van der Waals surface area contributed by atoms with Gasteiger partial charge in [-0.05, 0) is 12.0 Å². The highest BCUT2D eigenvalue weighted by Crippen LogP contribution is 2.32. The minimum Gasteiger partial charge on any atom is -0.465 e. The van der Waals surface area contributed by atoms with Crippen molar-refractivity contribution in [1.29, 1.82) is 0 Å². The van der Waals surface area contributed by atoms with Gasteiger partial charge in [-0.2, -0.15) is 0 Å². The van der Waals surface area contributed by atoms with Crippen molar-refractivity contribution < 1.29 is 19.1 Å². The van der Waals surface area contributed by atoms with Gasteiger partial charge in [0.05, 0.1) is 6.61 Å². The Bertz CT molecular complexity index is 413. The SMILES string of the molecule is CC(=O)OC(c1ccccc1)C1CCOC1=O. The van der Waals surface area contributed by atoms with Crippen molar-refractivity contribution in [2.45, 2.75) is 19.4 Å². The molecule has 1 aliphatic rings. The highest BCUT2D eigenvalue weighted by molar-refractivity contribution is 5.76. The zero-order chi connectivity index (χ0) is 12.3. The van der Waals surface area contributed by atoms with Crippen LogP contribution in [0.25, 0.3) is 0 Å². The zero-order valence-electron chi connectivity index (χ0n) is 9.59. The molecular formula is C13H14O4. The molecule has 2 unspecified atom stereocenters. The van der Waals surface area contributed by atoms with E-state index in [9.17, 15) is 9.59 Å². The van der Waals surface area contributed by atoms with Gasteiger partial charge in [0.2, 0.25) is 0 Å². The molecule has 17 heavy (non-hydrogen) atoms. The lowest BCUT2D eigenvalue weighted by Gasteiger charge is -2.20. The molecule has 1 heterocycles. The van der Waals surface area contributed by atoms with Crippen molar-refractivity contribution in [1.82, 2.24) is 0 Å². The van der Waals surface area contributed by atoms with E-state index in [0.29, 0.717) is 13.0 Å². The Balaban J connectivity index is 2.25. The third-order valence-electron chi connectivity index (χ3n) is 2.76. The van der Waals surface area contributed by atoms with E-state index < -0.39 is 12.1 Å². The van der Waals surface area contributed by atoms with Gasteiger partial charge in [0.25, 0.3) is 0 Å². The van der Waals surface area contributed by atoms with E-state index in [2.05, 4.69) is 0 Å². The molecule has 2 rings (SSSR count). The predicted octanol–water partition coefficient (Wildman–Crippen LogP) is 1.85. The fourth-order valence-corrected chi connectivity index (χ4v) is 1.99. The fourth-order valence-electron chi connectivity index (χ4n) is 1.99. The molecule has 1 aromatic carbocycles. The largest absolute Gasteiger partial charge is 0.465 e. The minimum atomic E-state index is -0.538. The van der Waals surface area contributed by atoms with Gasteiger partial charge in [-0.3, -0.25) is 9.59 Å². The molecule has 4 heteroatoms. The number of carbonyl (C=O) groups excluding carboxylic acids is 2. The quantitative estimate of drug-likeness (QED) is 0.749. The van der Waals surface area contributed by atoms with Gasteiger partial charge >= 0.3 is 11.9 Å². The van der Waals surface area contributed by atoms with Crippen molar-refractivity contribution in [3.8, 4) is 0 Å². The number of hydrogen-bond acceptors (Lipinski definition) is 4. The van der Waals surface area contributed by atoms with Crippen LogP contribution in [0.1, 0.15) is 25.0 Å². The van der Waals surface area contributed by atoms with Gasteiger partial charge in [0.1, 0.15) is 12.0 Å². The summed E-state index contributed by atoms with van der Waals surface area (Å²) in [5.74, 6) is -1.07. The molecule has 90 valence electrons. The van der Waals surface area contributed by atoms with Gasteiger partial charge in [0.15, 0.2) is 0 Å². The van der Waals surface area contributed by atoms with Gasteiger partial charge in [-0.25, -0.2) is 0 Å². The summed E-state index contributed by atoms with van der Waals surface area (Å²) in [5, 5.41) is 0. The van der Waals surface area contributed by atoms with E-state index >= 15 is 0 Å². The van der Waals surface area contributed by atoms with E-state index in [-0.39, 0.29) is 11.9 Å². The topological polar surface area (TPSA) is 52.6 Å². The monoisotopic (exact) mass is 234 g/mol. The lowest BCUT2D eigenvalue weighted by atomic mass is 9.94. The first-order valence-corrected chi connectivity index (χ1v) is 5.57. The molecule has 1 aromatic rings. The van der Waals surface area contributed by atoms with Crippen LogP contribution >= 0.6 is 0 Å². The Labute approximate surface area is 99.5 Å². The van der Waals surface area contributed by atoms with Crippen molar-refractivity contribution >= 4 is 11.9 Å². The third-order valence-corrected chi connectivity index (χ3v) is 2.76. The highest BCUT2D eigenvalue weighted by Gasteiger charge is 2.37. The van der Waals surface area contributed by atoms with Crippen molar-refractivity contribution in [3.63, 3.8) is 0 Å². The molecule has 0 radical (unpaired) electrons. The third kappa shape index (κ3) is 2.64. The fraction of sp³-hybridized carbons (Fsp3) is 0.385. The Morgan fingerprint density at radius 1 is 1.41 bits per heavy atom. The lowest BCUT2D eigenvalue weighted by molar-refractivity contribution is -0.155. The summed E-state index contributed by atoms with van der Waals surface area (Å²) in [6.45, 7) is 1.74. The molecule has 0 aliphatic carbocycles. The summed E-state index contributed by atoms with van der Waals surface area (Å²) < 4.78 is 10.2. The zero-order valence-corrected chi connectivity index (χ0v) is 9.59. The Hall–Kier alpha value is -1.84. The number of carbonyl (C=O) groups is 2. The average Bonchev–Trinajstić information content (AvgIpc) is 2.73. The first-order valence-electron chi connectivity index (χ1n) is 5.57. The number of cyclic esters (lactones) is 1. The summed E-state index contributed by atoms with van der Waals surface area (Å²) in [6, 6.07) is 9.28.